The molecule has 0 atom stereocenters. The maximum Gasteiger partial charge on any atom is 0.344 e. The molecule has 4 heteroatoms. The summed E-state index contributed by atoms with van der Waals surface area (Å²) in [6, 6.07) is 0. The quantitative estimate of drug-likeness (QED) is 0.490. The Balaban J connectivity index is 3.69. The number of rotatable bonds is 6. The van der Waals surface area contributed by atoms with Crippen molar-refractivity contribution in [2.24, 2.45) is 5.16 Å². The zero-order chi connectivity index (χ0) is 9.40. The van der Waals surface area contributed by atoms with E-state index in [1.54, 1.807) is 0 Å². The smallest absolute Gasteiger partial charge is 0.344 e. The van der Waals surface area contributed by atoms with Crippen LogP contribution in [0.5, 0.6) is 0 Å². The first-order valence-corrected chi connectivity index (χ1v) is 4.10. The number of hydrogen-bond acceptors (Lipinski definition) is 3. The highest BCUT2D eigenvalue weighted by Gasteiger charge is 1.97. The number of hydrogen-bond donors (Lipinski definition) is 1. The second-order valence-electron chi connectivity index (χ2n) is 2.43. The zero-order valence-corrected chi connectivity index (χ0v) is 7.54. The van der Waals surface area contributed by atoms with E-state index in [0.717, 1.165) is 25.0 Å². The van der Waals surface area contributed by atoms with Crippen LogP contribution in [0.2, 0.25) is 0 Å². The minimum absolute atomic E-state index is 0.354. The van der Waals surface area contributed by atoms with Gasteiger partial charge in [0.05, 0.1) is 5.71 Å². The molecule has 4 nitrogen and oxygen atoms in total. The number of carboxylic acids is 1. The standard InChI is InChI=1S/C8H15NO3/c1-3-5-7(4-2)9-12-6-8(10)11/h3-6H2,1-2H3,(H,10,11). The van der Waals surface area contributed by atoms with Gasteiger partial charge in [0.1, 0.15) is 0 Å². The molecule has 0 saturated heterocycles. The van der Waals surface area contributed by atoms with Gasteiger partial charge in [-0.2, -0.15) is 0 Å². The molecule has 0 radical (unpaired) electrons. The molecule has 0 aliphatic heterocycles. The van der Waals surface area contributed by atoms with Crippen LogP contribution in [0, 0.1) is 0 Å². The normalized spacial score (nSPS) is 11.3. The zero-order valence-electron chi connectivity index (χ0n) is 7.54. The van der Waals surface area contributed by atoms with Gasteiger partial charge in [-0.3, -0.25) is 0 Å². The third-order valence-corrected chi connectivity index (χ3v) is 1.33. The average Bonchev–Trinajstić information content (AvgIpc) is 2.02. The molecule has 0 saturated carbocycles. The molecule has 0 fully saturated rings. The Kier molecular flexibility index (Phi) is 6.05. The summed E-state index contributed by atoms with van der Waals surface area (Å²) in [6.45, 7) is 3.66. The van der Waals surface area contributed by atoms with Crippen LogP contribution < -0.4 is 0 Å². The molecule has 0 amide bonds. The summed E-state index contributed by atoms with van der Waals surface area (Å²) in [7, 11) is 0. The van der Waals surface area contributed by atoms with E-state index in [0.29, 0.717) is 0 Å². The predicted octanol–water partition coefficient (Wildman–Crippen LogP) is 1.65. The molecule has 0 aromatic rings. The van der Waals surface area contributed by atoms with Crippen LogP contribution in [0.4, 0.5) is 0 Å². The Morgan fingerprint density at radius 2 is 2.17 bits per heavy atom. The monoisotopic (exact) mass is 173 g/mol. The van der Waals surface area contributed by atoms with Crippen LogP contribution >= 0.6 is 0 Å². The second kappa shape index (κ2) is 6.64. The van der Waals surface area contributed by atoms with Crippen molar-refractivity contribution in [3.8, 4) is 0 Å². The molecule has 1 N–H and O–H groups in total. The molecule has 0 aromatic carbocycles. The number of carbonyl (C=O) groups is 1. The lowest BCUT2D eigenvalue weighted by Gasteiger charge is -2.00. The molecule has 0 unspecified atom stereocenters. The van der Waals surface area contributed by atoms with Crippen LogP contribution in [-0.4, -0.2) is 23.4 Å². The fourth-order valence-corrected chi connectivity index (χ4v) is 0.754. The van der Waals surface area contributed by atoms with Gasteiger partial charge >= 0.3 is 5.97 Å². The number of carboxylic acid groups (broad SMARTS) is 1. The number of nitrogens with zero attached hydrogens (tertiary/aromatic N) is 1. The Labute approximate surface area is 72.2 Å². The minimum Gasteiger partial charge on any atom is -0.479 e. The van der Waals surface area contributed by atoms with E-state index >= 15 is 0 Å². The topological polar surface area (TPSA) is 58.9 Å². The molecule has 0 spiro atoms. The van der Waals surface area contributed by atoms with Gasteiger partial charge in [-0.15, -0.1) is 0 Å². The molecule has 0 aliphatic rings. The van der Waals surface area contributed by atoms with E-state index < -0.39 is 5.97 Å². The van der Waals surface area contributed by atoms with Gasteiger partial charge in [0.15, 0.2) is 0 Å². The lowest BCUT2D eigenvalue weighted by molar-refractivity contribution is -0.142. The highest BCUT2D eigenvalue weighted by Crippen LogP contribution is 1.97. The second-order valence-corrected chi connectivity index (χ2v) is 2.43. The van der Waals surface area contributed by atoms with Crippen LogP contribution in [0.3, 0.4) is 0 Å². The van der Waals surface area contributed by atoms with Crippen molar-refractivity contribution in [2.75, 3.05) is 6.61 Å². The van der Waals surface area contributed by atoms with E-state index in [1.807, 2.05) is 13.8 Å². The van der Waals surface area contributed by atoms with Crippen LogP contribution in [0.25, 0.3) is 0 Å². The lowest BCUT2D eigenvalue weighted by Crippen LogP contribution is -2.05. The van der Waals surface area contributed by atoms with E-state index in [1.165, 1.54) is 0 Å². The van der Waals surface area contributed by atoms with Crippen LogP contribution in [-0.2, 0) is 9.63 Å². The largest absolute Gasteiger partial charge is 0.479 e. The molecular formula is C8H15NO3. The summed E-state index contributed by atoms with van der Waals surface area (Å²) in [5, 5.41) is 11.9. The van der Waals surface area contributed by atoms with Crippen molar-refractivity contribution in [3.63, 3.8) is 0 Å². The van der Waals surface area contributed by atoms with Gasteiger partial charge in [0.2, 0.25) is 6.61 Å². The first kappa shape index (κ1) is 10.9. The van der Waals surface area contributed by atoms with Gasteiger partial charge in [0, 0.05) is 0 Å². The molecule has 0 rings (SSSR count). The highest BCUT2D eigenvalue weighted by molar-refractivity contribution is 5.83. The van der Waals surface area contributed by atoms with Gasteiger partial charge in [-0.1, -0.05) is 25.4 Å². The van der Waals surface area contributed by atoms with Crippen molar-refractivity contribution in [1.82, 2.24) is 0 Å². The Hall–Kier alpha value is -1.06. The van der Waals surface area contributed by atoms with Crippen LogP contribution in [0.1, 0.15) is 33.1 Å². The molecule has 0 heterocycles. The summed E-state index contributed by atoms with van der Waals surface area (Å²) < 4.78 is 0. The Morgan fingerprint density at radius 3 is 2.58 bits per heavy atom. The summed E-state index contributed by atoms with van der Waals surface area (Å²) in [4.78, 5) is 14.6. The molecule has 12 heavy (non-hydrogen) atoms. The first-order valence-electron chi connectivity index (χ1n) is 4.10. The van der Waals surface area contributed by atoms with Gasteiger partial charge in [-0.05, 0) is 12.8 Å². The minimum atomic E-state index is -0.995. The van der Waals surface area contributed by atoms with Gasteiger partial charge < -0.3 is 9.94 Å². The number of aliphatic carboxylic acids is 1. The summed E-state index contributed by atoms with van der Waals surface area (Å²) in [5.74, 6) is -0.995. The van der Waals surface area contributed by atoms with E-state index in [9.17, 15) is 4.79 Å². The van der Waals surface area contributed by atoms with E-state index in [-0.39, 0.29) is 6.61 Å². The van der Waals surface area contributed by atoms with Gasteiger partial charge in [-0.25, -0.2) is 4.79 Å². The Bertz CT molecular complexity index is 166. The summed E-state index contributed by atoms with van der Waals surface area (Å²) >= 11 is 0. The van der Waals surface area contributed by atoms with Gasteiger partial charge in [0.25, 0.3) is 0 Å². The summed E-state index contributed by atoms with van der Waals surface area (Å²) in [5.41, 5.74) is 0.916. The predicted molar refractivity (Wildman–Crippen MR) is 46.2 cm³/mol. The maximum atomic E-state index is 10.0. The van der Waals surface area contributed by atoms with E-state index in [2.05, 4.69) is 9.99 Å². The third-order valence-electron chi connectivity index (χ3n) is 1.33. The first-order chi connectivity index (χ1) is 5.70. The van der Waals surface area contributed by atoms with Crippen molar-refractivity contribution in [1.29, 1.82) is 0 Å². The molecule has 0 bridgehead atoms. The summed E-state index contributed by atoms with van der Waals surface area (Å²) in [6.07, 6.45) is 2.69. The molecular weight excluding hydrogens is 158 g/mol. The number of oxime groups is 1. The SMILES string of the molecule is CCCC(CC)=NOCC(=O)O. The van der Waals surface area contributed by atoms with Crippen molar-refractivity contribution in [2.45, 2.75) is 33.1 Å². The fourth-order valence-electron chi connectivity index (χ4n) is 0.754. The maximum absolute atomic E-state index is 10.0. The molecule has 0 aromatic heterocycles. The molecule has 0 aliphatic carbocycles. The Morgan fingerprint density at radius 1 is 1.50 bits per heavy atom. The van der Waals surface area contributed by atoms with Crippen LogP contribution in [0.15, 0.2) is 5.16 Å². The average molecular weight is 173 g/mol. The third kappa shape index (κ3) is 5.70. The lowest BCUT2D eigenvalue weighted by atomic mass is 10.2. The molecule has 70 valence electrons. The highest BCUT2D eigenvalue weighted by atomic mass is 16.6. The van der Waals surface area contributed by atoms with E-state index in [4.69, 9.17) is 5.11 Å². The fraction of sp³-hybridized carbons (Fsp3) is 0.750. The van der Waals surface area contributed by atoms with Crippen molar-refractivity contribution in [3.05, 3.63) is 0 Å². The van der Waals surface area contributed by atoms with Crippen molar-refractivity contribution < 1.29 is 14.7 Å². The van der Waals surface area contributed by atoms with Crippen molar-refractivity contribution >= 4 is 11.7 Å².